The van der Waals surface area contributed by atoms with Crippen LogP contribution in [0.1, 0.15) is 36.4 Å². The number of hydrogen-bond donors (Lipinski definition) is 1. The van der Waals surface area contributed by atoms with Crippen LogP contribution in [0.5, 0.6) is 0 Å². The highest BCUT2D eigenvalue weighted by atomic mass is 127. The molecule has 0 saturated carbocycles. The summed E-state index contributed by atoms with van der Waals surface area (Å²) in [6, 6.07) is 7.21. The Balaban J connectivity index is 2.26. The lowest BCUT2D eigenvalue weighted by Crippen LogP contribution is -2.27. The summed E-state index contributed by atoms with van der Waals surface area (Å²) in [4.78, 5) is 0. The molecule has 1 aromatic carbocycles. The maximum Gasteiger partial charge on any atom is 0.0323 e. The van der Waals surface area contributed by atoms with Gasteiger partial charge < -0.3 is 5.32 Å². The van der Waals surface area contributed by atoms with Crippen LogP contribution in [0.2, 0.25) is 0 Å². The fourth-order valence-corrected chi connectivity index (χ4v) is 2.64. The second kappa shape index (κ2) is 4.62. The van der Waals surface area contributed by atoms with Gasteiger partial charge in [-0.3, -0.25) is 0 Å². The fraction of sp³-hybridized carbons (Fsp3) is 0.500. The maximum atomic E-state index is 3.60. The molecular formula is C12H16IN. The zero-order valence-corrected chi connectivity index (χ0v) is 10.7. The van der Waals surface area contributed by atoms with Crippen molar-refractivity contribution in [2.45, 2.75) is 32.2 Å². The van der Waals surface area contributed by atoms with Crippen LogP contribution in [0.15, 0.2) is 18.2 Å². The SMILES string of the molecule is Cc1c(I)cccc1[C@H]1CCCCN1. The number of piperidine rings is 1. The third-order valence-corrected chi connectivity index (χ3v) is 4.16. The summed E-state index contributed by atoms with van der Waals surface area (Å²) >= 11 is 2.42. The smallest absolute Gasteiger partial charge is 0.0323 e. The molecule has 0 amide bonds. The van der Waals surface area contributed by atoms with Crippen molar-refractivity contribution in [3.63, 3.8) is 0 Å². The highest BCUT2D eigenvalue weighted by Crippen LogP contribution is 2.27. The first-order chi connectivity index (χ1) is 6.79. The second-order valence-electron chi connectivity index (χ2n) is 3.96. The largest absolute Gasteiger partial charge is 0.310 e. The molecule has 1 saturated heterocycles. The van der Waals surface area contributed by atoms with Gasteiger partial charge in [0.25, 0.3) is 0 Å². The van der Waals surface area contributed by atoms with Crippen molar-refractivity contribution in [3.8, 4) is 0 Å². The first-order valence-electron chi connectivity index (χ1n) is 5.27. The highest BCUT2D eigenvalue weighted by Gasteiger charge is 2.16. The minimum absolute atomic E-state index is 0.596. The van der Waals surface area contributed by atoms with E-state index in [0.29, 0.717) is 6.04 Å². The van der Waals surface area contributed by atoms with Crippen LogP contribution in [-0.4, -0.2) is 6.54 Å². The molecule has 1 N–H and O–H groups in total. The summed E-state index contributed by atoms with van der Waals surface area (Å²) in [7, 11) is 0. The Kier molecular flexibility index (Phi) is 3.44. The molecule has 76 valence electrons. The van der Waals surface area contributed by atoms with Gasteiger partial charge in [0.05, 0.1) is 0 Å². The molecule has 0 aliphatic carbocycles. The molecule has 1 atom stereocenters. The number of hydrogen-bond acceptors (Lipinski definition) is 1. The van der Waals surface area contributed by atoms with Gasteiger partial charge >= 0.3 is 0 Å². The average molecular weight is 301 g/mol. The number of rotatable bonds is 1. The van der Waals surface area contributed by atoms with E-state index in [4.69, 9.17) is 0 Å². The van der Waals surface area contributed by atoms with Crippen LogP contribution in [0, 0.1) is 10.5 Å². The molecular weight excluding hydrogens is 285 g/mol. The Morgan fingerprint density at radius 1 is 1.36 bits per heavy atom. The first kappa shape index (κ1) is 10.4. The standard InChI is InChI=1S/C12H16IN/c1-9-10(5-4-6-11(9)13)12-7-2-3-8-14-12/h4-6,12,14H,2-3,7-8H2,1H3/t12-/m1/s1. The van der Waals surface area contributed by atoms with E-state index in [9.17, 15) is 0 Å². The van der Waals surface area contributed by atoms with E-state index in [-0.39, 0.29) is 0 Å². The van der Waals surface area contributed by atoms with Gasteiger partial charge in [0.1, 0.15) is 0 Å². The van der Waals surface area contributed by atoms with Gasteiger partial charge in [-0.2, -0.15) is 0 Å². The van der Waals surface area contributed by atoms with E-state index >= 15 is 0 Å². The zero-order valence-electron chi connectivity index (χ0n) is 8.52. The van der Waals surface area contributed by atoms with Gasteiger partial charge in [0.15, 0.2) is 0 Å². The van der Waals surface area contributed by atoms with Crippen LogP contribution >= 0.6 is 22.6 Å². The third-order valence-electron chi connectivity index (χ3n) is 3.00. The second-order valence-corrected chi connectivity index (χ2v) is 5.12. The van der Waals surface area contributed by atoms with Crippen molar-refractivity contribution in [3.05, 3.63) is 32.9 Å². The van der Waals surface area contributed by atoms with Crippen LogP contribution in [0.4, 0.5) is 0 Å². The lowest BCUT2D eigenvalue weighted by molar-refractivity contribution is 0.411. The van der Waals surface area contributed by atoms with Crippen molar-refractivity contribution < 1.29 is 0 Å². The van der Waals surface area contributed by atoms with E-state index in [1.807, 2.05) is 0 Å². The van der Waals surface area contributed by atoms with Gasteiger partial charge in [-0.25, -0.2) is 0 Å². The topological polar surface area (TPSA) is 12.0 Å². The predicted molar refractivity (Wildman–Crippen MR) is 68.5 cm³/mol. The van der Waals surface area contributed by atoms with Crippen molar-refractivity contribution >= 4 is 22.6 Å². The zero-order chi connectivity index (χ0) is 9.97. The third kappa shape index (κ3) is 2.11. The summed E-state index contributed by atoms with van der Waals surface area (Å²) < 4.78 is 1.38. The van der Waals surface area contributed by atoms with E-state index in [1.165, 1.54) is 40.5 Å². The normalized spacial score (nSPS) is 22.3. The molecule has 14 heavy (non-hydrogen) atoms. The van der Waals surface area contributed by atoms with Gasteiger partial charge in [-0.05, 0) is 66.1 Å². The lowest BCUT2D eigenvalue weighted by atomic mass is 9.94. The average Bonchev–Trinajstić information content (AvgIpc) is 2.23. The summed E-state index contributed by atoms with van der Waals surface area (Å²) in [6.07, 6.45) is 3.99. The Labute approximate surface area is 99.4 Å². The molecule has 0 spiro atoms. The van der Waals surface area contributed by atoms with E-state index < -0.39 is 0 Å². The van der Waals surface area contributed by atoms with Crippen LogP contribution in [0.25, 0.3) is 0 Å². The number of nitrogens with one attached hydrogen (secondary N) is 1. The van der Waals surface area contributed by atoms with Crippen LogP contribution in [-0.2, 0) is 0 Å². The fourth-order valence-electron chi connectivity index (χ4n) is 2.12. The highest BCUT2D eigenvalue weighted by molar-refractivity contribution is 14.1. The molecule has 2 heteroatoms. The van der Waals surface area contributed by atoms with E-state index in [0.717, 1.165) is 0 Å². The molecule has 1 nitrogen and oxygen atoms in total. The molecule has 2 rings (SSSR count). The molecule has 0 unspecified atom stereocenters. The summed E-state index contributed by atoms with van der Waals surface area (Å²) in [5.74, 6) is 0. The van der Waals surface area contributed by atoms with E-state index in [2.05, 4.69) is 53.0 Å². The lowest BCUT2D eigenvalue weighted by Gasteiger charge is -2.25. The Bertz CT molecular complexity index is 316. The molecule has 0 bridgehead atoms. The van der Waals surface area contributed by atoms with Gasteiger partial charge in [0, 0.05) is 9.61 Å². The summed E-state index contributed by atoms with van der Waals surface area (Å²) in [5, 5.41) is 3.60. The molecule has 0 radical (unpaired) electrons. The van der Waals surface area contributed by atoms with Crippen molar-refractivity contribution in [2.24, 2.45) is 0 Å². The molecule has 0 aromatic heterocycles. The minimum Gasteiger partial charge on any atom is -0.310 e. The molecule has 1 aromatic rings. The summed E-state index contributed by atoms with van der Waals surface area (Å²) in [5.41, 5.74) is 2.95. The predicted octanol–water partition coefficient (Wildman–Crippen LogP) is 3.41. The van der Waals surface area contributed by atoms with Gasteiger partial charge in [0.2, 0.25) is 0 Å². The van der Waals surface area contributed by atoms with Gasteiger partial charge in [-0.15, -0.1) is 0 Å². The molecule has 1 aliphatic rings. The van der Waals surface area contributed by atoms with E-state index in [1.54, 1.807) is 0 Å². The van der Waals surface area contributed by atoms with Crippen LogP contribution in [0.3, 0.4) is 0 Å². The first-order valence-corrected chi connectivity index (χ1v) is 6.35. The van der Waals surface area contributed by atoms with Crippen molar-refractivity contribution in [2.75, 3.05) is 6.54 Å². The molecule has 1 fully saturated rings. The Morgan fingerprint density at radius 2 is 2.21 bits per heavy atom. The molecule has 1 aliphatic heterocycles. The van der Waals surface area contributed by atoms with Crippen molar-refractivity contribution in [1.29, 1.82) is 0 Å². The van der Waals surface area contributed by atoms with Crippen LogP contribution < -0.4 is 5.32 Å². The summed E-state index contributed by atoms with van der Waals surface area (Å²) in [6.45, 7) is 3.41. The number of benzene rings is 1. The molecule has 1 heterocycles. The quantitative estimate of drug-likeness (QED) is 0.784. The monoisotopic (exact) mass is 301 g/mol. The Morgan fingerprint density at radius 3 is 2.93 bits per heavy atom. The number of halogens is 1. The van der Waals surface area contributed by atoms with Crippen molar-refractivity contribution in [1.82, 2.24) is 5.32 Å². The minimum atomic E-state index is 0.596. The van der Waals surface area contributed by atoms with Gasteiger partial charge in [-0.1, -0.05) is 18.6 Å². The maximum absolute atomic E-state index is 3.60. The Hall–Kier alpha value is -0.0900.